The fraction of sp³-hybridized carbons (Fsp3) is 0.333. The minimum atomic E-state index is -5.19. The number of aromatic nitrogens is 4. The molecular formula is C15H15F3N4O4. The number of carbonyl (C=O) groups is 2. The molecule has 2 aromatic rings. The Bertz CT molecular complexity index is 750. The number of aliphatic carboxylic acids is 2. The molecule has 2 heterocycles. The van der Waals surface area contributed by atoms with Crippen molar-refractivity contribution < 1.29 is 37.7 Å². The standard InChI is InChI=1S/C13H14N4O2.C2HF3O2/c1-13(2,7-12(18)19)17-6-4-10(8-16-17)11-3-5-14-9-15-11;3-2(4,5)1(6)7/h3-6,8-9H,7H2,1-2H3;(H,6,7). The van der Waals surface area contributed by atoms with Crippen molar-refractivity contribution >= 4 is 11.9 Å². The molecule has 2 aromatic heterocycles. The van der Waals surface area contributed by atoms with Crippen LogP contribution in [-0.2, 0) is 15.1 Å². The monoisotopic (exact) mass is 372 g/mol. The number of hydrogen-bond acceptors (Lipinski definition) is 6. The maximum absolute atomic E-state index is 10.8. The summed E-state index contributed by atoms with van der Waals surface area (Å²) < 4.78 is 33.2. The van der Waals surface area contributed by atoms with E-state index in [4.69, 9.17) is 15.0 Å². The van der Waals surface area contributed by atoms with Gasteiger partial charge >= 0.3 is 12.1 Å². The van der Waals surface area contributed by atoms with Gasteiger partial charge in [0.25, 0.3) is 0 Å². The van der Waals surface area contributed by atoms with E-state index in [2.05, 4.69) is 15.1 Å². The predicted octanol–water partition coefficient (Wildman–Crippen LogP) is 0.334. The topological polar surface area (TPSA) is 120 Å². The average Bonchev–Trinajstić information content (AvgIpc) is 2.54. The van der Waals surface area contributed by atoms with Gasteiger partial charge in [-0.05, 0) is 11.2 Å². The summed E-state index contributed by atoms with van der Waals surface area (Å²) in [5.41, 5.74) is 1.08. The second-order valence-corrected chi connectivity index (χ2v) is 5.62. The Morgan fingerprint density at radius 2 is 1.88 bits per heavy atom. The lowest BCUT2D eigenvalue weighted by Crippen LogP contribution is -2.55. The number of alkyl halides is 3. The molecule has 0 bridgehead atoms. The maximum atomic E-state index is 10.8. The quantitative estimate of drug-likeness (QED) is 0.768. The van der Waals surface area contributed by atoms with Crippen LogP contribution in [0.1, 0.15) is 20.3 Å². The minimum Gasteiger partial charge on any atom is -0.542 e. The highest BCUT2D eigenvalue weighted by Crippen LogP contribution is 2.15. The average molecular weight is 372 g/mol. The molecular weight excluding hydrogens is 357 g/mol. The van der Waals surface area contributed by atoms with Gasteiger partial charge in [-0.3, -0.25) is 4.79 Å². The number of halogens is 3. The first-order chi connectivity index (χ1) is 11.9. The van der Waals surface area contributed by atoms with Gasteiger partial charge in [0.15, 0.2) is 11.7 Å². The molecule has 11 heteroatoms. The number of nitrogens with zero attached hydrogens (tertiary/aromatic N) is 4. The third-order valence-corrected chi connectivity index (χ3v) is 3.03. The SMILES string of the molecule is CC(C)(CC(=O)O)[n+]1ccc(-c2ccncn2)cn1.O=C([O-])C(F)(F)F. The molecule has 0 aromatic carbocycles. The normalized spacial score (nSPS) is 11.3. The number of hydrogen-bond donors (Lipinski definition) is 1. The molecule has 2 rings (SSSR count). The van der Waals surface area contributed by atoms with Crippen LogP contribution in [0.3, 0.4) is 0 Å². The van der Waals surface area contributed by atoms with Crippen LogP contribution in [0.25, 0.3) is 11.3 Å². The lowest BCUT2D eigenvalue weighted by Gasteiger charge is -2.14. The van der Waals surface area contributed by atoms with E-state index in [1.807, 2.05) is 19.9 Å². The molecule has 0 spiro atoms. The molecule has 1 N–H and O–H groups in total. The lowest BCUT2D eigenvalue weighted by atomic mass is 10.0. The molecule has 0 amide bonds. The van der Waals surface area contributed by atoms with Crippen LogP contribution < -0.4 is 9.79 Å². The third kappa shape index (κ3) is 6.42. The summed E-state index contributed by atoms with van der Waals surface area (Å²) >= 11 is 0. The van der Waals surface area contributed by atoms with Crippen LogP contribution in [0.5, 0.6) is 0 Å². The summed E-state index contributed by atoms with van der Waals surface area (Å²) in [6.07, 6.45) is 1.40. The third-order valence-electron chi connectivity index (χ3n) is 3.03. The Morgan fingerprint density at radius 1 is 1.27 bits per heavy atom. The molecule has 0 aliphatic carbocycles. The van der Waals surface area contributed by atoms with E-state index < -0.39 is 23.7 Å². The molecule has 0 unspecified atom stereocenters. The first-order valence-corrected chi connectivity index (χ1v) is 7.08. The summed E-state index contributed by atoms with van der Waals surface area (Å²) in [4.78, 5) is 27.6. The van der Waals surface area contributed by atoms with Crippen LogP contribution in [0.2, 0.25) is 0 Å². The van der Waals surface area contributed by atoms with E-state index in [9.17, 15) is 18.0 Å². The molecule has 8 nitrogen and oxygen atoms in total. The number of carboxylic acid groups (broad SMARTS) is 2. The van der Waals surface area contributed by atoms with E-state index >= 15 is 0 Å². The summed E-state index contributed by atoms with van der Waals surface area (Å²) in [6.45, 7) is 3.66. The van der Waals surface area contributed by atoms with Crippen LogP contribution in [0, 0.1) is 0 Å². The molecule has 0 radical (unpaired) electrons. The first-order valence-electron chi connectivity index (χ1n) is 7.08. The molecule has 0 atom stereocenters. The van der Waals surface area contributed by atoms with E-state index in [1.165, 1.54) is 6.33 Å². The second kappa shape index (κ2) is 8.32. The van der Waals surface area contributed by atoms with Crippen molar-refractivity contribution in [2.45, 2.75) is 32.0 Å². The van der Waals surface area contributed by atoms with E-state index in [0.717, 1.165) is 11.3 Å². The van der Waals surface area contributed by atoms with E-state index in [-0.39, 0.29) is 6.42 Å². The molecule has 0 saturated heterocycles. The Morgan fingerprint density at radius 3 is 2.27 bits per heavy atom. The molecule has 0 aliphatic heterocycles. The van der Waals surface area contributed by atoms with E-state index in [0.29, 0.717) is 0 Å². The van der Waals surface area contributed by atoms with Gasteiger partial charge in [0, 0.05) is 31.7 Å². The van der Waals surface area contributed by atoms with Gasteiger partial charge < -0.3 is 15.0 Å². The van der Waals surface area contributed by atoms with Gasteiger partial charge in [-0.25, -0.2) is 9.97 Å². The summed E-state index contributed by atoms with van der Waals surface area (Å²) in [7, 11) is 0. The Hall–Kier alpha value is -3.11. The van der Waals surface area contributed by atoms with Crippen molar-refractivity contribution in [3.63, 3.8) is 0 Å². The van der Waals surface area contributed by atoms with Crippen molar-refractivity contribution in [1.82, 2.24) is 15.1 Å². The van der Waals surface area contributed by atoms with Crippen LogP contribution in [0.15, 0.2) is 37.1 Å². The van der Waals surface area contributed by atoms with E-state index in [1.54, 1.807) is 29.3 Å². The van der Waals surface area contributed by atoms with Gasteiger partial charge in [-0.1, -0.05) is 4.68 Å². The predicted molar refractivity (Wildman–Crippen MR) is 78.1 cm³/mol. The number of carboxylic acids is 2. The van der Waals surface area contributed by atoms with Crippen molar-refractivity contribution in [3.05, 3.63) is 37.1 Å². The Kier molecular flexibility index (Phi) is 6.70. The zero-order valence-electron chi connectivity index (χ0n) is 13.8. The molecule has 0 aliphatic rings. The van der Waals surface area contributed by atoms with Crippen molar-refractivity contribution in [2.24, 2.45) is 0 Å². The van der Waals surface area contributed by atoms with Gasteiger partial charge in [-0.2, -0.15) is 13.2 Å². The van der Waals surface area contributed by atoms with Crippen LogP contribution in [-0.4, -0.2) is 38.3 Å². The largest absolute Gasteiger partial charge is 0.542 e. The first kappa shape index (κ1) is 20.9. The fourth-order valence-corrected chi connectivity index (χ4v) is 1.78. The molecule has 26 heavy (non-hydrogen) atoms. The van der Waals surface area contributed by atoms with Crippen LogP contribution >= 0.6 is 0 Å². The maximum Gasteiger partial charge on any atom is 0.430 e. The highest BCUT2D eigenvalue weighted by Gasteiger charge is 2.33. The zero-order chi connectivity index (χ0) is 20.0. The fourth-order valence-electron chi connectivity index (χ4n) is 1.78. The Balaban J connectivity index is 0.000000412. The van der Waals surface area contributed by atoms with Gasteiger partial charge in [0.2, 0.25) is 0 Å². The summed E-state index contributed by atoms with van der Waals surface area (Å²) in [5, 5.41) is 21.9. The number of rotatable bonds is 4. The highest BCUT2D eigenvalue weighted by molar-refractivity contribution is 5.70. The smallest absolute Gasteiger partial charge is 0.430 e. The van der Waals surface area contributed by atoms with Crippen molar-refractivity contribution in [3.8, 4) is 11.3 Å². The molecule has 140 valence electrons. The minimum absolute atomic E-state index is 0.0114. The number of carbonyl (C=O) groups excluding carboxylic acids is 1. The second-order valence-electron chi connectivity index (χ2n) is 5.62. The van der Waals surface area contributed by atoms with Crippen molar-refractivity contribution in [2.75, 3.05) is 0 Å². The van der Waals surface area contributed by atoms with Gasteiger partial charge in [0.1, 0.15) is 24.9 Å². The molecule has 0 fully saturated rings. The van der Waals surface area contributed by atoms with Gasteiger partial charge in [0.05, 0.1) is 5.69 Å². The van der Waals surface area contributed by atoms with Crippen LogP contribution in [0.4, 0.5) is 13.2 Å². The highest BCUT2D eigenvalue weighted by atomic mass is 19.4. The summed E-state index contributed by atoms with van der Waals surface area (Å²) in [6, 6.07) is 3.66. The zero-order valence-corrected chi connectivity index (χ0v) is 13.8. The summed E-state index contributed by atoms with van der Waals surface area (Å²) in [5.74, 6) is -3.85. The lowest BCUT2D eigenvalue weighted by molar-refractivity contribution is -0.808. The van der Waals surface area contributed by atoms with Gasteiger partial charge in [-0.15, -0.1) is 0 Å². The Labute approximate surface area is 146 Å². The molecule has 0 saturated carbocycles. The van der Waals surface area contributed by atoms with Crippen molar-refractivity contribution in [1.29, 1.82) is 0 Å².